The lowest BCUT2D eigenvalue weighted by Crippen LogP contribution is -2.26. The number of fused-ring (bicyclic) bond motifs is 2. The Balaban J connectivity index is 1.33. The molecule has 33 heavy (non-hydrogen) atoms. The van der Waals surface area contributed by atoms with Crippen LogP contribution in [0.4, 0.5) is 0 Å². The van der Waals surface area contributed by atoms with Crippen molar-refractivity contribution in [3.05, 3.63) is 95.6 Å². The first-order chi connectivity index (χ1) is 16.2. The summed E-state index contributed by atoms with van der Waals surface area (Å²) < 4.78 is 22.7. The SMILES string of the molecule is COc1ccc([C@H]2COc3cc(OCc4ccc5ccccc5c4)ccc3C2=O)c(OC)c1. The Morgan fingerprint density at radius 1 is 0.848 bits per heavy atom. The van der Waals surface area contributed by atoms with Gasteiger partial charge in [0.2, 0.25) is 0 Å². The Kier molecular flexibility index (Phi) is 5.61. The molecule has 1 heterocycles. The number of hydrogen-bond acceptors (Lipinski definition) is 5. The first kappa shape index (κ1) is 20.9. The fraction of sp³-hybridized carbons (Fsp3) is 0.179. The van der Waals surface area contributed by atoms with Crippen molar-refractivity contribution in [2.45, 2.75) is 12.5 Å². The molecule has 5 heteroatoms. The average Bonchev–Trinajstić information content (AvgIpc) is 2.87. The molecule has 0 radical (unpaired) electrons. The number of benzene rings is 4. The molecule has 0 spiro atoms. The second-order valence-electron chi connectivity index (χ2n) is 7.96. The third-order valence-corrected chi connectivity index (χ3v) is 5.98. The highest BCUT2D eigenvalue weighted by Gasteiger charge is 2.32. The molecule has 1 atom stereocenters. The van der Waals surface area contributed by atoms with E-state index in [2.05, 4.69) is 30.3 Å². The topological polar surface area (TPSA) is 54.0 Å². The van der Waals surface area contributed by atoms with Crippen molar-refractivity contribution in [1.29, 1.82) is 0 Å². The van der Waals surface area contributed by atoms with Crippen LogP contribution in [-0.2, 0) is 6.61 Å². The molecule has 0 aromatic heterocycles. The number of methoxy groups -OCH3 is 2. The molecule has 0 fully saturated rings. The summed E-state index contributed by atoms with van der Waals surface area (Å²) in [5.41, 5.74) is 2.41. The third kappa shape index (κ3) is 4.10. The quantitative estimate of drug-likeness (QED) is 0.380. The maximum absolute atomic E-state index is 13.2. The van der Waals surface area contributed by atoms with Crippen LogP contribution in [-0.4, -0.2) is 26.6 Å². The van der Waals surface area contributed by atoms with Crippen molar-refractivity contribution >= 4 is 16.6 Å². The lowest BCUT2D eigenvalue weighted by Gasteiger charge is -2.26. The third-order valence-electron chi connectivity index (χ3n) is 5.98. The van der Waals surface area contributed by atoms with Crippen molar-refractivity contribution in [3.8, 4) is 23.0 Å². The van der Waals surface area contributed by atoms with Gasteiger partial charge in [-0.1, -0.05) is 42.5 Å². The fourth-order valence-electron chi connectivity index (χ4n) is 4.18. The van der Waals surface area contributed by atoms with Crippen LogP contribution in [0.5, 0.6) is 23.0 Å². The van der Waals surface area contributed by atoms with E-state index in [-0.39, 0.29) is 12.4 Å². The van der Waals surface area contributed by atoms with Crippen molar-refractivity contribution in [3.63, 3.8) is 0 Å². The predicted octanol–water partition coefficient (Wildman–Crippen LogP) is 5.79. The molecule has 4 aromatic carbocycles. The minimum absolute atomic E-state index is 0.000737. The first-order valence-electron chi connectivity index (χ1n) is 10.8. The van der Waals surface area contributed by atoms with Gasteiger partial charge in [0.05, 0.1) is 25.7 Å². The second kappa shape index (κ2) is 8.87. The minimum Gasteiger partial charge on any atom is -0.497 e. The van der Waals surface area contributed by atoms with Gasteiger partial charge in [0.25, 0.3) is 0 Å². The standard InChI is InChI=1S/C28H24O5/c1-30-21-9-11-23(26(14-21)31-2)25-17-33-27-15-22(10-12-24(27)28(25)29)32-16-18-7-8-19-5-3-4-6-20(19)13-18/h3-15,25H,16-17H2,1-2H3/t25-/m1/s1. The number of carbonyl (C=O) groups is 1. The van der Waals surface area contributed by atoms with Gasteiger partial charge < -0.3 is 18.9 Å². The monoisotopic (exact) mass is 440 g/mol. The van der Waals surface area contributed by atoms with Gasteiger partial charge in [-0.15, -0.1) is 0 Å². The van der Waals surface area contributed by atoms with Gasteiger partial charge in [0, 0.05) is 17.7 Å². The molecule has 0 unspecified atom stereocenters. The van der Waals surface area contributed by atoms with Crippen LogP contribution < -0.4 is 18.9 Å². The second-order valence-corrected chi connectivity index (χ2v) is 7.96. The van der Waals surface area contributed by atoms with Crippen LogP contribution in [0.25, 0.3) is 10.8 Å². The zero-order valence-electron chi connectivity index (χ0n) is 18.5. The Hall–Kier alpha value is -3.99. The van der Waals surface area contributed by atoms with Crippen LogP contribution in [0, 0.1) is 0 Å². The highest BCUT2D eigenvalue weighted by atomic mass is 16.5. The summed E-state index contributed by atoms with van der Waals surface area (Å²) in [6.07, 6.45) is 0. The van der Waals surface area contributed by atoms with Gasteiger partial charge in [-0.25, -0.2) is 0 Å². The van der Waals surface area contributed by atoms with E-state index >= 15 is 0 Å². The molecular formula is C28H24O5. The van der Waals surface area contributed by atoms with E-state index in [0.29, 0.717) is 35.2 Å². The van der Waals surface area contributed by atoms with E-state index in [1.165, 1.54) is 10.8 Å². The van der Waals surface area contributed by atoms with Gasteiger partial charge >= 0.3 is 0 Å². The first-order valence-corrected chi connectivity index (χ1v) is 10.8. The molecule has 1 aliphatic rings. The molecule has 0 N–H and O–H groups in total. The van der Waals surface area contributed by atoms with Gasteiger partial charge in [0.15, 0.2) is 5.78 Å². The van der Waals surface area contributed by atoms with E-state index < -0.39 is 5.92 Å². The highest BCUT2D eigenvalue weighted by Crippen LogP contribution is 2.39. The minimum atomic E-state index is -0.442. The van der Waals surface area contributed by atoms with Crippen LogP contribution in [0.15, 0.2) is 78.9 Å². The van der Waals surface area contributed by atoms with E-state index in [4.69, 9.17) is 18.9 Å². The van der Waals surface area contributed by atoms with Crippen LogP contribution in [0.1, 0.15) is 27.4 Å². The van der Waals surface area contributed by atoms with Crippen LogP contribution in [0.2, 0.25) is 0 Å². The average molecular weight is 440 g/mol. The molecule has 0 saturated heterocycles. The Bertz CT molecular complexity index is 1330. The maximum Gasteiger partial charge on any atom is 0.177 e. The fourth-order valence-corrected chi connectivity index (χ4v) is 4.18. The summed E-state index contributed by atoms with van der Waals surface area (Å²) in [5, 5.41) is 2.38. The molecular weight excluding hydrogens is 416 g/mol. The number of Topliss-reactive ketones (excluding diaryl/α,β-unsaturated/α-hetero) is 1. The van der Waals surface area contributed by atoms with Crippen LogP contribution >= 0.6 is 0 Å². The summed E-state index contributed by atoms with van der Waals surface area (Å²) in [5.74, 6) is 2.04. The summed E-state index contributed by atoms with van der Waals surface area (Å²) in [6, 6.07) is 25.4. The van der Waals surface area contributed by atoms with Gasteiger partial charge in [-0.2, -0.15) is 0 Å². The Morgan fingerprint density at radius 3 is 2.48 bits per heavy atom. The smallest absolute Gasteiger partial charge is 0.177 e. The number of rotatable bonds is 6. The Morgan fingerprint density at radius 2 is 1.67 bits per heavy atom. The number of hydrogen-bond donors (Lipinski definition) is 0. The summed E-state index contributed by atoms with van der Waals surface area (Å²) in [4.78, 5) is 13.2. The van der Waals surface area contributed by atoms with Crippen molar-refractivity contribution in [2.24, 2.45) is 0 Å². The summed E-state index contributed by atoms with van der Waals surface area (Å²) >= 11 is 0. The van der Waals surface area contributed by atoms with Crippen molar-refractivity contribution < 1.29 is 23.7 Å². The molecule has 1 aliphatic heterocycles. The zero-order chi connectivity index (χ0) is 22.8. The zero-order valence-corrected chi connectivity index (χ0v) is 18.5. The van der Waals surface area contributed by atoms with E-state index in [1.54, 1.807) is 32.4 Å². The molecule has 5 nitrogen and oxygen atoms in total. The van der Waals surface area contributed by atoms with Gasteiger partial charge in [0.1, 0.15) is 36.2 Å². The van der Waals surface area contributed by atoms with E-state index in [1.807, 2.05) is 30.3 Å². The molecule has 0 bridgehead atoms. The van der Waals surface area contributed by atoms with Gasteiger partial charge in [-0.3, -0.25) is 4.79 Å². The predicted molar refractivity (Wildman–Crippen MR) is 127 cm³/mol. The maximum atomic E-state index is 13.2. The Labute approximate surface area is 192 Å². The largest absolute Gasteiger partial charge is 0.497 e. The number of ketones is 1. The normalized spacial score (nSPS) is 15.0. The summed E-state index contributed by atoms with van der Waals surface area (Å²) in [6.45, 7) is 0.673. The molecule has 166 valence electrons. The van der Waals surface area contributed by atoms with E-state index in [0.717, 1.165) is 11.1 Å². The summed E-state index contributed by atoms with van der Waals surface area (Å²) in [7, 11) is 3.18. The highest BCUT2D eigenvalue weighted by molar-refractivity contribution is 6.04. The number of ether oxygens (including phenoxy) is 4. The van der Waals surface area contributed by atoms with Crippen LogP contribution in [0.3, 0.4) is 0 Å². The van der Waals surface area contributed by atoms with Crippen molar-refractivity contribution in [1.82, 2.24) is 0 Å². The van der Waals surface area contributed by atoms with E-state index in [9.17, 15) is 4.79 Å². The molecule has 0 aliphatic carbocycles. The molecule has 0 amide bonds. The van der Waals surface area contributed by atoms with Gasteiger partial charge in [-0.05, 0) is 40.6 Å². The molecule has 4 aromatic rings. The lowest BCUT2D eigenvalue weighted by molar-refractivity contribution is 0.0893. The lowest BCUT2D eigenvalue weighted by atomic mass is 9.88. The molecule has 5 rings (SSSR count). The molecule has 0 saturated carbocycles. The van der Waals surface area contributed by atoms with Crippen molar-refractivity contribution in [2.75, 3.05) is 20.8 Å². The number of carbonyl (C=O) groups excluding carboxylic acids is 1.